The molecule has 0 aromatic heterocycles. The number of halogens is 3. The van der Waals surface area contributed by atoms with Crippen LogP contribution in [0, 0.1) is 11.8 Å². The minimum absolute atomic E-state index is 0.0229. The van der Waals surface area contributed by atoms with E-state index in [0.717, 1.165) is 25.7 Å². The second-order valence-corrected chi connectivity index (χ2v) is 5.83. The molecule has 0 spiro atoms. The lowest BCUT2D eigenvalue weighted by atomic mass is 9.74. The van der Waals surface area contributed by atoms with Crippen molar-refractivity contribution >= 4 is 0 Å². The van der Waals surface area contributed by atoms with Gasteiger partial charge in [-0.05, 0) is 50.9 Å². The minimum atomic E-state index is -4.06. The maximum Gasteiger partial charge on any atom is 0.391 e. The van der Waals surface area contributed by atoms with Gasteiger partial charge in [0, 0.05) is 6.04 Å². The molecule has 1 saturated carbocycles. The maximum absolute atomic E-state index is 12.9. The predicted molar refractivity (Wildman–Crippen MR) is 69.2 cm³/mol. The molecule has 2 rings (SSSR count). The number of allylic oxidation sites excluding steroid dienone is 1. The third kappa shape index (κ3) is 3.72. The summed E-state index contributed by atoms with van der Waals surface area (Å²) in [5.74, 6) is 4.49. The lowest BCUT2D eigenvalue weighted by Gasteiger charge is -2.36. The Morgan fingerprint density at radius 1 is 1.21 bits per heavy atom. The Hall–Kier alpha value is -0.550. The highest BCUT2D eigenvalue weighted by Gasteiger charge is 2.43. The molecule has 110 valence electrons. The summed E-state index contributed by atoms with van der Waals surface area (Å²) >= 11 is 0. The van der Waals surface area contributed by atoms with E-state index < -0.39 is 12.1 Å². The van der Waals surface area contributed by atoms with Gasteiger partial charge in [-0.15, -0.1) is 0 Å². The number of rotatable bonds is 3. The summed E-state index contributed by atoms with van der Waals surface area (Å²) in [5.41, 5.74) is 4.00. The smallest absolute Gasteiger partial charge is 0.271 e. The van der Waals surface area contributed by atoms with Crippen LogP contribution < -0.4 is 11.3 Å². The molecule has 0 aromatic rings. The van der Waals surface area contributed by atoms with Gasteiger partial charge in [-0.25, -0.2) is 0 Å². The van der Waals surface area contributed by atoms with E-state index in [0.29, 0.717) is 6.42 Å². The molecular weight excluding hydrogens is 253 g/mol. The van der Waals surface area contributed by atoms with E-state index in [1.807, 2.05) is 0 Å². The average molecular weight is 276 g/mol. The van der Waals surface area contributed by atoms with Crippen molar-refractivity contribution in [3.8, 4) is 0 Å². The van der Waals surface area contributed by atoms with Crippen molar-refractivity contribution in [2.45, 2.75) is 63.6 Å². The van der Waals surface area contributed by atoms with Crippen molar-refractivity contribution < 1.29 is 13.2 Å². The van der Waals surface area contributed by atoms with E-state index in [2.05, 4.69) is 11.5 Å². The molecule has 0 heterocycles. The molecule has 2 aliphatic carbocycles. The normalized spacial score (nSPS) is 30.8. The second kappa shape index (κ2) is 6.27. The summed E-state index contributed by atoms with van der Waals surface area (Å²) in [5, 5.41) is 0. The molecule has 2 aliphatic rings. The fourth-order valence-electron chi connectivity index (χ4n) is 3.52. The van der Waals surface area contributed by atoms with Crippen molar-refractivity contribution in [2.75, 3.05) is 0 Å². The molecule has 0 amide bonds. The highest BCUT2D eigenvalue weighted by molar-refractivity contribution is 5.15. The molecule has 0 aromatic carbocycles. The molecule has 5 heteroatoms. The zero-order valence-corrected chi connectivity index (χ0v) is 11.2. The van der Waals surface area contributed by atoms with E-state index in [9.17, 15) is 13.2 Å². The molecule has 0 radical (unpaired) electrons. The first kappa shape index (κ1) is 14.9. The molecule has 0 aliphatic heterocycles. The van der Waals surface area contributed by atoms with Gasteiger partial charge in [-0.1, -0.05) is 18.1 Å². The number of hydrogen-bond donors (Lipinski definition) is 2. The van der Waals surface area contributed by atoms with Gasteiger partial charge in [0.05, 0.1) is 5.92 Å². The zero-order chi connectivity index (χ0) is 13.9. The maximum atomic E-state index is 12.9. The van der Waals surface area contributed by atoms with Crippen LogP contribution in [-0.2, 0) is 0 Å². The Morgan fingerprint density at radius 3 is 2.58 bits per heavy atom. The van der Waals surface area contributed by atoms with E-state index >= 15 is 0 Å². The summed E-state index contributed by atoms with van der Waals surface area (Å²) in [6.07, 6.45) is 4.41. The predicted octanol–water partition coefficient (Wildman–Crippen LogP) is 3.69. The molecule has 3 atom stereocenters. The van der Waals surface area contributed by atoms with Gasteiger partial charge in [0.15, 0.2) is 0 Å². The highest BCUT2D eigenvalue weighted by Crippen LogP contribution is 2.42. The van der Waals surface area contributed by atoms with E-state index in [1.54, 1.807) is 0 Å². The fraction of sp³-hybridized carbons (Fsp3) is 0.857. The van der Waals surface area contributed by atoms with Crippen LogP contribution in [0.5, 0.6) is 0 Å². The first-order valence-corrected chi connectivity index (χ1v) is 7.24. The van der Waals surface area contributed by atoms with Gasteiger partial charge in [-0.3, -0.25) is 11.3 Å². The van der Waals surface area contributed by atoms with E-state index in [4.69, 9.17) is 5.84 Å². The first-order chi connectivity index (χ1) is 9.02. The largest absolute Gasteiger partial charge is 0.391 e. The zero-order valence-electron chi connectivity index (χ0n) is 11.2. The Bertz CT molecular complexity index is 325. The number of nitrogens with one attached hydrogen (secondary N) is 1. The van der Waals surface area contributed by atoms with Crippen LogP contribution in [0.2, 0.25) is 0 Å². The molecule has 3 unspecified atom stereocenters. The van der Waals surface area contributed by atoms with Crippen LogP contribution in [0.4, 0.5) is 13.2 Å². The summed E-state index contributed by atoms with van der Waals surface area (Å²) in [6.45, 7) is 0. The third-order valence-electron chi connectivity index (χ3n) is 4.55. The van der Waals surface area contributed by atoms with Crippen LogP contribution in [0.1, 0.15) is 51.4 Å². The number of nitrogens with two attached hydrogens (primary N) is 1. The highest BCUT2D eigenvalue weighted by atomic mass is 19.4. The lowest BCUT2D eigenvalue weighted by Crippen LogP contribution is -2.45. The van der Waals surface area contributed by atoms with Crippen molar-refractivity contribution in [3.63, 3.8) is 0 Å². The van der Waals surface area contributed by atoms with Crippen LogP contribution in [0.3, 0.4) is 0 Å². The summed E-state index contributed by atoms with van der Waals surface area (Å²) < 4.78 is 38.6. The topological polar surface area (TPSA) is 38.0 Å². The Labute approximate surface area is 112 Å². The van der Waals surface area contributed by atoms with E-state index in [1.165, 1.54) is 12.0 Å². The van der Waals surface area contributed by atoms with Crippen molar-refractivity contribution in [1.82, 2.24) is 5.43 Å². The van der Waals surface area contributed by atoms with Crippen LogP contribution in [0.25, 0.3) is 0 Å². The van der Waals surface area contributed by atoms with Crippen molar-refractivity contribution in [1.29, 1.82) is 0 Å². The summed E-state index contributed by atoms with van der Waals surface area (Å²) in [6, 6.07) is -0.0644. The number of hydrazine groups is 1. The van der Waals surface area contributed by atoms with Gasteiger partial charge >= 0.3 is 6.18 Å². The lowest BCUT2D eigenvalue weighted by molar-refractivity contribution is -0.186. The van der Waals surface area contributed by atoms with Crippen LogP contribution >= 0.6 is 0 Å². The molecular formula is C14H23F3N2. The van der Waals surface area contributed by atoms with E-state index in [-0.39, 0.29) is 24.8 Å². The molecule has 0 bridgehead atoms. The number of alkyl halides is 3. The van der Waals surface area contributed by atoms with Gasteiger partial charge in [0.1, 0.15) is 0 Å². The Morgan fingerprint density at radius 2 is 2.00 bits per heavy atom. The third-order valence-corrected chi connectivity index (χ3v) is 4.55. The van der Waals surface area contributed by atoms with Crippen molar-refractivity contribution in [3.05, 3.63) is 11.6 Å². The van der Waals surface area contributed by atoms with Crippen LogP contribution in [-0.4, -0.2) is 12.2 Å². The molecule has 2 nitrogen and oxygen atoms in total. The second-order valence-electron chi connectivity index (χ2n) is 5.83. The molecule has 0 saturated heterocycles. The minimum Gasteiger partial charge on any atom is -0.271 e. The average Bonchev–Trinajstić information content (AvgIpc) is 2.40. The molecule has 1 fully saturated rings. The molecule has 3 N–H and O–H groups in total. The van der Waals surface area contributed by atoms with Crippen LogP contribution in [0.15, 0.2) is 11.6 Å². The molecule has 19 heavy (non-hydrogen) atoms. The van der Waals surface area contributed by atoms with Gasteiger partial charge in [0.2, 0.25) is 0 Å². The Kier molecular flexibility index (Phi) is 4.90. The summed E-state index contributed by atoms with van der Waals surface area (Å²) in [4.78, 5) is 0. The fourth-order valence-corrected chi connectivity index (χ4v) is 3.52. The standard InChI is InChI=1S/C14H23F3N2/c15-14(16,17)12-8-4-7-11(9-12)13(19-18)10-5-2-1-3-6-10/h5,11-13,19H,1-4,6-9,18H2. The first-order valence-electron chi connectivity index (χ1n) is 7.24. The SMILES string of the molecule is NNC(C1=CCCCC1)C1CCCC(C(F)(F)F)C1. The van der Waals surface area contributed by atoms with Gasteiger partial charge < -0.3 is 0 Å². The Balaban J connectivity index is 2.04. The van der Waals surface area contributed by atoms with Crippen molar-refractivity contribution in [2.24, 2.45) is 17.7 Å². The monoisotopic (exact) mass is 276 g/mol. The quantitative estimate of drug-likeness (QED) is 0.469. The number of hydrogen-bond acceptors (Lipinski definition) is 2. The van der Waals surface area contributed by atoms with Gasteiger partial charge in [-0.2, -0.15) is 13.2 Å². The summed E-state index contributed by atoms with van der Waals surface area (Å²) in [7, 11) is 0. The van der Waals surface area contributed by atoms with Gasteiger partial charge in [0.25, 0.3) is 0 Å².